The smallest absolute Gasteiger partial charge is 0.335 e. The van der Waals surface area contributed by atoms with Gasteiger partial charge in [-0.15, -0.1) is 0 Å². The van der Waals surface area contributed by atoms with Gasteiger partial charge < -0.3 is 62.5 Å². The second-order valence-electron chi connectivity index (χ2n) is 13.7. The average molecular weight is 827 g/mol. The third-order valence-electron chi connectivity index (χ3n) is 8.81. The van der Waals surface area contributed by atoms with Gasteiger partial charge in [-0.05, 0) is 73.5 Å². The number of aromatic nitrogens is 6. The van der Waals surface area contributed by atoms with E-state index in [-0.39, 0.29) is 69.3 Å². The number of rotatable bonds is 24. The van der Waals surface area contributed by atoms with E-state index in [1.807, 2.05) is 0 Å². The standard InChI is InChI=1S/C40H50N12O8/c1-3-5-7-9-15-41-35-47-37(51-39(49-35)45-29-19-23(31(53)54)17-24(20-29)32(55)56)43-27-11-13-28(14-12-27)44-38-48-36(42-16-10-8-6-4-2)50-40(52-38)46-30-21-25(33(57)58)18-26(22-30)34(59)60/h11-14,17-22,31-32,53-56H,3-10,15-16H2,1-2H3,(H,57,58)(H,59,60)(H3,41,43,45,47,49,51)(H3,42,44,46,48,50,52). The van der Waals surface area contributed by atoms with E-state index < -0.39 is 24.5 Å². The summed E-state index contributed by atoms with van der Waals surface area (Å²) in [4.78, 5) is 50.3. The molecule has 0 amide bonds. The molecule has 3 aromatic carbocycles. The van der Waals surface area contributed by atoms with Gasteiger partial charge in [0.1, 0.15) is 0 Å². The molecule has 2 aromatic heterocycles. The van der Waals surface area contributed by atoms with E-state index in [1.165, 1.54) is 30.3 Å². The molecule has 5 rings (SSSR count). The van der Waals surface area contributed by atoms with Crippen LogP contribution in [0.4, 0.5) is 58.4 Å². The van der Waals surface area contributed by atoms with Crippen LogP contribution in [0.25, 0.3) is 0 Å². The van der Waals surface area contributed by atoms with Crippen LogP contribution in [0.5, 0.6) is 0 Å². The van der Waals surface area contributed by atoms with E-state index in [0.29, 0.717) is 24.5 Å². The molecule has 0 atom stereocenters. The maximum Gasteiger partial charge on any atom is 0.335 e. The number of nitrogens with one attached hydrogen (secondary N) is 6. The summed E-state index contributed by atoms with van der Waals surface area (Å²) in [5, 5.41) is 76.8. The SMILES string of the molecule is CCCCCCNc1nc(Nc2ccc(Nc3nc(NCCCCCC)nc(Nc4cc(C(O)O)cc(C(O)O)c4)n3)cc2)nc(Nc2cc(C(=O)O)cc(C(=O)O)c2)n1. The summed E-state index contributed by atoms with van der Waals surface area (Å²) in [5.74, 6) is -1.62. The number of aliphatic hydroxyl groups excluding tert-OH is 2. The van der Waals surface area contributed by atoms with Crippen molar-refractivity contribution in [2.45, 2.75) is 77.8 Å². The molecule has 0 spiro atoms. The maximum atomic E-state index is 11.7. The van der Waals surface area contributed by atoms with Crippen molar-refractivity contribution in [1.82, 2.24) is 29.9 Å². The number of nitrogens with zero attached hydrogens (tertiary/aromatic N) is 6. The number of carboxylic acid groups (broad SMARTS) is 2. The topological polar surface area (TPSA) is 305 Å². The molecule has 0 saturated carbocycles. The third kappa shape index (κ3) is 13.7. The number of aliphatic hydroxyl groups is 4. The first-order valence-electron chi connectivity index (χ1n) is 19.6. The first-order chi connectivity index (χ1) is 28.9. The first kappa shape index (κ1) is 44.4. The summed E-state index contributed by atoms with van der Waals surface area (Å²) >= 11 is 0. The van der Waals surface area contributed by atoms with E-state index >= 15 is 0 Å². The molecule has 60 heavy (non-hydrogen) atoms. The van der Waals surface area contributed by atoms with Crippen molar-refractivity contribution in [2.24, 2.45) is 0 Å². The summed E-state index contributed by atoms with van der Waals surface area (Å²) in [6.45, 7) is 5.45. The summed E-state index contributed by atoms with van der Waals surface area (Å²) < 4.78 is 0. The minimum absolute atomic E-state index is 0.0258. The highest BCUT2D eigenvalue weighted by atomic mass is 16.5. The Morgan fingerprint density at radius 3 is 1.17 bits per heavy atom. The number of benzene rings is 3. The van der Waals surface area contributed by atoms with Crippen molar-refractivity contribution in [3.8, 4) is 0 Å². The van der Waals surface area contributed by atoms with Crippen LogP contribution in [0, 0.1) is 0 Å². The number of aromatic carboxylic acids is 2. The quantitative estimate of drug-likeness (QED) is 0.0237. The van der Waals surface area contributed by atoms with Crippen molar-refractivity contribution in [2.75, 3.05) is 45.0 Å². The van der Waals surface area contributed by atoms with Gasteiger partial charge in [0.15, 0.2) is 12.6 Å². The predicted octanol–water partition coefficient (Wildman–Crippen LogP) is 6.38. The van der Waals surface area contributed by atoms with Crippen LogP contribution in [0.3, 0.4) is 0 Å². The Bertz CT molecular complexity index is 2150. The van der Waals surface area contributed by atoms with E-state index in [4.69, 9.17) is 0 Å². The van der Waals surface area contributed by atoms with Gasteiger partial charge in [-0.2, -0.15) is 29.9 Å². The number of hydrogen-bond donors (Lipinski definition) is 12. The van der Waals surface area contributed by atoms with Gasteiger partial charge in [-0.1, -0.05) is 52.4 Å². The normalized spacial score (nSPS) is 11.1. The summed E-state index contributed by atoms with van der Waals surface area (Å²) in [6.07, 6.45) is 4.44. The van der Waals surface area contributed by atoms with Crippen LogP contribution in [-0.2, 0) is 0 Å². The van der Waals surface area contributed by atoms with Gasteiger partial charge in [-0.3, -0.25) is 0 Å². The lowest BCUT2D eigenvalue weighted by Crippen LogP contribution is -2.11. The summed E-state index contributed by atoms with van der Waals surface area (Å²) in [5.41, 5.74) is 1.23. The Morgan fingerprint density at radius 2 is 0.817 bits per heavy atom. The van der Waals surface area contributed by atoms with Crippen molar-refractivity contribution in [3.63, 3.8) is 0 Å². The van der Waals surface area contributed by atoms with Crippen molar-refractivity contribution in [1.29, 1.82) is 0 Å². The Hall–Kier alpha value is -6.74. The Balaban J connectivity index is 1.37. The highest BCUT2D eigenvalue weighted by Crippen LogP contribution is 2.27. The van der Waals surface area contributed by atoms with E-state index in [0.717, 1.165) is 57.4 Å². The molecule has 0 aliphatic rings. The van der Waals surface area contributed by atoms with E-state index in [9.17, 15) is 40.2 Å². The van der Waals surface area contributed by atoms with Gasteiger partial charge in [-0.25, -0.2) is 9.59 Å². The molecule has 0 aliphatic heterocycles. The molecular weight excluding hydrogens is 777 g/mol. The molecule has 0 aliphatic carbocycles. The van der Waals surface area contributed by atoms with Crippen LogP contribution < -0.4 is 31.9 Å². The van der Waals surface area contributed by atoms with Crippen LogP contribution in [0.15, 0.2) is 60.7 Å². The summed E-state index contributed by atoms with van der Waals surface area (Å²) in [7, 11) is 0. The lowest BCUT2D eigenvalue weighted by atomic mass is 10.1. The average Bonchev–Trinajstić information content (AvgIpc) is 3.21. The predicted molar refractivity (Wildman–Crippen MR) is 226 cm³/mol. The lowest BCUT2D eigenvalue weighted by Gasteiger charge is -2.15. The molecule has 5 aromatic rings. The molecule has 0 bridgehead atoms. The summed E-state index contributed by atoms with van der Waals surface area (Å²) in [6, 6.07) is 14.8. The zero-order chi connectivity index (χ0) is 43.0. The Morgan fingerprint density at radius 1 is 0.467 bits per heavy atom. The Labute approximate surface area is 345 Å². The van der Waals surface area contributed by atoms with Crippen LogP contribution in [0.1, 0.15) is 110 Å². The van der Waals surface area contributed by atoms with Crippen LogP contribution in [0.2, 0.25) is 0 Å². The molecule has 0 fully saturated rings. The first-order valence-corrected chi connectivity index (χ1v) is 19.6. The van der Waals surface area contributed by atoms with Gasteiger partial charge in [0.05, 0.1) is 11.1 Å². The maximum absolute atomic E-state index is 11.7. The van der Waals surface area contributed by atoms with Crippen LogP contribution in [-0.4, -0.2) is 85.6 Å². The Kier molecular flexibility index (Phi) is 16.2. The molecule has 0 radical (unpaired) electrons. The molecule has 2 heterocycles. The molecule has 20 nitrogen and oxygen atoms in total. The fraction of sp³-hybridized carbons (Fsp3) is 0.350. The van der Waals surface area contributed by atoms with E-state index in [1.54, 1.807) is 24.3 Å². The molecule has 20 heteroatoms. The zero-order valence-electron chi connectivity index (χ0n) is 33.2. The van der Waals surface area contributed by atoms with Crippen molar-refractivity contribution >= 4 is 70.4 Å². The van der Waals surface area contributed by atoms with Gasteiger partial charge in [0.2, 0.25) is 35.7 Å². The van der Waals surface area contributed by atoms with Crippen LogP contribution >= 0.6 is 0 Å². The fourth-order valence-electron chi connectivity index (χ4n) is 5.78. The largest absolute Gasteiger partial charge is 0.478 e. The number of hydrogen-bond acceptors (Lipinski definition) is 18. The van der Waals surface area contributed by atoms with Crippen molar-refractivity contribution < 1.29 is 40.2 Å². The number of carboxylic acids is 2. The zero-order valence-corrected chi connectivity index (χ0v) is 33.2. The minimum Gasteiger partial charge on any atom is -0.478 e. The van der Waals surface area contributed by atoms with Gasteiger partial charge in [0, 0.05) is 47.0 Å². The van der Waals surface area contributed by atoms with Gasteiger partial charge in [0.25, 0.3) is 0 Å². The highest BCUT2D eigenvalue weighted by molar-refractivity contribution is 5.95. The molecule has 0 unspecified atom stereocenters. The fourth-order valence-corrected chi connectivity index (χ4v) is 5.78. The van der Waals surface area contributed by atoms with Crippen molar-refractivity contribution in [3.05, 3.63) is 82.9 Å². The van der Waals surface area contributed by atoms with Gasteiger partial charge >= 0.3 is 11.9 Å². The molecule has 0 saturated heterocycles. The highest BCUT2D eigenvalue weighted by Gasteiger charge is 2.16. The van der Waals surface area contributed by atoms with E-state index in [2.05, 4.69) is 75.7 Å². The number of carbonyl (C=O) groups is 2. The minimum atomic E-state index is -1.86. The molecule has 12 N–H and O–H groups in total. The number of anilines is 10. The third-order valence-corrected chi connectivity index (χ3v) is 8.81. The second-order valence-corrected chi connectivity index (χ2v) is 13.7. The molecular formula is C40H50N12O8. The molecule has 318 valence electrons. The monoisotopic (exact) mass is 826 g/mol. The second kappa shape index (κ2) is 21.9. The lowest BCUT2D eigenvalue weighted by molar-refractivity contribution is -0.0474. The number of unbranched alkanes of at least 4 members (excludes halogenated alkanes) is 6.